The fourth-order valence-electron chi connectivity index (χ4n) is 2.82. The minimum atomic E-state index is 0.618. The van der Waals surface area contributed by atoms with Crippen molar-refractivity contribution in [1.29, 1.82) is 0 Å². The van der Waals surface area contributed by atoms with E-state index in [0.717, 1.165) is 43.6 Å². The normalized spacial score (nSPS) is 28.4. The van der Waals surface area contributed by atoms with Gasteiger partial charge in [0.1, 0.15) is 0 Å². The number of fused-ring (bicyclic) bond motifs is 1. The highest BCUT2D eigenvalue weighted by Crippen LogP contribution is 2.29. The van der Waals surface area contributed by atoms with Gasteiger partial charge < -0.3 is 10.2 Å². The van der Waals surface area contributed by atoms with Crippen LogP contribution in [0.1, 0.15) is 19.0 Å². The average Bonchev–Trinajstić information content (AvgIpc) is 2.90. The van der Waals surface area contributed by atoms with Gasteiger partial charge in [0.2, 0.25) is 5.95 Å². The molecule has 1 aromatic rings. The van der Waals surface area contributed by atoms with Crippen LogP contribution in [0.3, 0.4) is 0 Å². The second-order valence-corrected chi connectivity index (χ2v) is 4.67. The molecule has 4 heteroatoms. The highest BCUT2D eigenvalue weighted by Gasteiger charge is 2.38. The molecule has 2 aliphatic rings. The number of hydrogen-bond acceptors (Lipinski definition) is 4. The van der Waals surface area contributed by atoms with Crippen LogP contribution in [0.15, 0.2) is 12.3 Å². The van der Waals surface area contributed by atoms with E-state index in [1.165, 1.54) is 6.42 Å². The Morgan fingerprint density at radius 3 is 3.31 bits per heavy atom. The van der Waals surface area contributed by atoms with E-state index < -0.39 is 0 Å². The van der Waals surface area contributed by atoms with Gasteiger partial charge in [-0.25, -0.2) is 9.97 Å². The van der Waals surface area contributed by atoms with Crippen LogP contribution < -0.4 is 10.2 Å². The van der Waals surface area contributed by atoms with Gasteiger partial charge in [0, 0.05) is 37.6 Å². The van der Waals surface area contributed by atoms with Crippen molar-refractivity contribution in [3.63, 3.8) is 0 Å². The molecule has 0 amide bonds. The molecule has 0 bridgehead atoms. The van der Waals surface area contributed by atoms with Gasteiger partial charge >= 0.3 is 0 Å². The number of aryl methyl sites for hydroxylation is 1. The average molecular weight is 218 g/mol. The zero-order chi connectivity index (χ0) is 11.0. The van der Waals surface area contributed by atoms with Crippen LogP contribution in [0.4, 0.5) is 5.95 Å². The quantitative estimate of drug-likeness (QED) is 0.798. The maximum Gasteiger partial charge on any atom is 0.225 e. The molecule has 4 nitrogen and oxygen atoms in total. The van der Waals surface area contributed by atoms with Gasteiger partial charge in [0.05, 0.1) is 0 Å². The topological polar surface area (TPSA) is 41.1 Å². The van der Waals surface area contributed by atoms with Crippen molar-refractivity contribution in [2.24, 2.45) is 5.92 Å². The summed E-state index contributed by atoms with van der Waals surface area (Å²) in [4.78, 5) is 11.4. The number of nitrogens with zero attached hydrogens (tertiary/aromatic N) is 3. The Bertz CT molecular complexity index is 379. The Hall–Kier alpha value is -1.16. The molecule has 0 saturated carbocycles. The smallest absolute Gasteiger partial charge is 0.225 e. The molecule has 86 valence electrons. The zero-order valence-electron chi connectivity index (χ0n) is 9.69. The summed E-state index contributed by atoms with van der Waals surface area (Å²) in [5.74, 6) is 1.73. The highest BCUT2D eigenvalue weighted by molar-refractivity contribution is 5.35. The molecule has 0 aliphatic carbocycles. The lowest BCUT2D eigenvalue weighted by atomic mass is 10.1. The van der Waals surface area contributed by atoms with Crippen LogP contribution in [0.5, 0.6) is 0 Å². The molecule has 0 aromatic carbocycles. The number of rotatable bonds is 2. The van der Waals surface area contributed by atoms with Gasteiger partial charge in [-0.3, -0.25) is 0 Å². The minimum Gasteiger partial charge on any atom is -0.336 e. The second-order valence-electron chi connectivity index (χ2n) is 4.67. The molecule has 3 rings (SSSR count). The zero-order valence-corrected chi connectivity index (χ0v) is 9.69. The van der Waals surface area contributed by atoms with Crippen LogP contribution in [0.2, 0.25) is 0 Å². The molecule has 3 heterocycles. The van der Waals surface area contributed by atoms with Crippen molar-refractivity contribution in [3.05, 3.63) is 18.0 Å². The summed E-state index contributed by atoms with van der Waals surface area (Å²) >= 11 is 0. The lowest BCUT2D eigenvalue weighted by molar-refractivity contribution is 0.575. The number of nitrogens with one attached hydrogen (secondary N) is 1. The van der Waals surface area contributed by atoms with E-state index in [1.807, 2.05) is 12.3 Å². The molecule has 2 saturated heterocycles. The monoisotopic (exact) mass is 218 g/mol. The maximum absolute atomic E-state index is 4.62. The van der Waals surface area contributed by atoms with Crippen molar-refractivity contribution in [1.82, 2.24) is 15.3 Å². The Labute approximate surface area is 96.1 Å². The van der Waals surface area contributed by atoms with E-state index in [1.54, 1.807) is 0 Å². The Balaban J connectivity index is 1.86. The van der Waals surface area contributed by atoms with Crippen molar-refractivity contribution in [2.45, 2.75) is 25.8 Å². The lowest BCUT2D eigenvalue weighted by Gasteiger charge is -2.23. The van der Waals surface area contributed by atoms with Crippen LogP contribution >= 0.6 is 0 Å². The van der Waals surface area contributed by atoms with E-state index in [0.29, 0.717) is 6.04 Å². The Kier molecular flexibility index (Phi) is 2.52. The van der Waals surface area contributed by atoms with E-state index in [9.17, 15) is 0 Å². The van der Waals surface area contributed by atoms with Gasteiger partial charge in [0.25, 0.3) is 0 Å². The largest absolute Gasteiger partial charge is 0.336 e. The first-order valence-electron chi connectivity index (χ1n) is 6.17. The third kappa shape index (κ3) is 1.57. The molecule has 2 fully saturated rings. The molecule has 0 spiro atoms. The van der Waals surface area contributed by atoms with Gasteiger partial charge in [-0.15, -0.1) is 0 Å². The van der Waals surface area contributed by atoms with Crippen LogP contribution in [-0.2, 0) is 6.42 Å². The van der Waals surface area contributed by atoms with Gasteiger partial charge in [-0.05, 0) is 24.8 Å². The maximum atomic E-state index is 4.62. The number of hydrogen-bond donors (Lipinski definition) is 1. The minimum absolute atomic E-state index is 0.618. The predicted octanol–water partition coefficient (Wildman–Crippen LogP) is 0.837. The predicted molar refractivity (Wildman–Crippen MR) is 63.5 cm³/mol. The summed E-state index contributed by atoms with van der Waals surface area (Å²) in [6.45, 7) is 5.50. The first-order valence-corrected chi connectivity index (χ1v) is 6.17. The highest BCUT2D eigenvalue weighted by atomic mass is 15.3. The Morgan fingerprint density at radius 2 is 2.44 bits per heavy atom. The first-order chi connectivity index (χ1) is 7.88. The fourth-order valence-corrected chi connectivity index (χ4v) is 2.82. The molecule has 2 atom stereocenters. The van der Waals surface area contributed by atoms with Crippen molar-refractivity contribution >= 4 is 5.95 Å². The summed E-state index contributed by atoms with van der Waals surface area (Å²) in [6, 6.07) is 2.62. The van der Waals surface area contributed by atoms with E-state index >= 15 is 0 Å². The Morgan fingerprint density at radius 1 is 1.50 bits per heavy atom. The van der Waals surface area contributed by atoms with Gasteiger partial charge in [-0.1, -0.05) is 6.92 Å². The number of aromatic nitrogens is 2. The molecule has 0 unspecified atom stereocenters. The van der Waals surface area contributed by atoms with Gasteiger partial charge in [-0.2, -0.15) is 0 Å². The summed E-state index contributed by atoms with van der Waals surface area (Å²) in [7, 11) is 0. The molecule has 0 radical (unpaired) electrons. The lowest BCUT2D eigenvalue weighted by Crippen LogP contribution is -2.35. The van der Waals surface area contributed by atoms with E-state index in [2.05, 4.69) is 27.1 Å². The molecule has 1 aromatic heterocycles. The summed E-state index contributed by atoms with van der Waals surface area (Å²) < 4.78 is 0. The molecule has 16 heavy (non-hydrogen) atoms. The molecule has 1 N–H and O–H groups in total. The van der Waals surface area contributed by atoms with Crippen molar-refractivity contribution in [3.8, 4) is 0 Å². The first kappa shape index (κ1) is 10.0. The fraction of sp³-hybridized carbons (Fsp3) is 0.667. The van der Waals surface area contributed by atoms with Crippen molar-refractivity contribution < 1.29 is 0 Å². The van der Waals surface area contributed by atoms with Gasteiger partial charge in [0.15, 0.2) is 0 Å². The summed E-state index contributed by atoms with van der Waals surface area (Å²) in [5, 5.41) is 3.46. The summed E-state index contributed by atoms with van der Waals surface area (Å²) in [5.41, 5.74) is 1.14. The van der Waals surface area contributed by atoms with E-state index in [-0.39, 0.29) is 0 Å². The van der Waals surface area contributed by atoms with Crippen molar-refractivity contribution in [2.75, 3.05) is 24.5 Å². The molecule has 2 aliphatic heterocycles. The molecular weight excluding hydrogens is 200 g/mol. The third-order valence-corrected chi connectivity index (χ3v) is 3.76. The van der Waals surface area contributed by atoms with Crippen LogP contribution in [0.25, 0.3) is 0 Å². The standard InChI is InChI=1S/C12H18N4/c1-2-10-3-5-14-12(15-10)16-6-4-9-7-13-8-11(9)16/h3,5,9,11,13H,2,4,6-8H2,1H3/t9-,11-/m1/s1. The third-order valence-electron chi connectivity index (χ3n) is 3.76. The SMILES string of the molecule is CCc1ccnc(N2CC[C@@H]3CNC[C@H]32)n1. The number of anilines is 1. The molecular formula is C12H18N4. The van der Waals surface area contributed by atoms with E-state index in [4.69, 9.17) is 0 Å². The van der Waals surface area contributed by atoms with Crippen LogP contribution in [0, 0.1) is 5.92 Å². The summed E-state index contributed by atoms with van der Waals surface area (Å²) in [6.07, 6.45) is 4.14. The second kappa shape index (κ2) is 4.01. The van der Waals surface area contributed by atoms with Crippen LogP contribution in [-0.4, -0.2) is 35.6 Å².